The van der Waals surface area contributed by atoms with Gasteiger partial charge >= 0.3 is 5.97 Å². The molecule has 0 bridgehead atoms. The number of rotatable bonds is 4. The van der Waals surface area contributed by atoms with Crippen molar-refractivity contribution >= 4 is 28.8 Å². The first-order chi connectivity index (χ1) is 14.0. The highest BCUT2D eigenvalue weighted by Crippen LogP contribution is 2.22. The average Bonchev–Trinajstić information content (AvgIpc) is 3.12. The van der Waals surface area contributed by atoms with Crippen LogP contribution in [0.2, 0.25) is 0 Å². The van der Waals surface area contributed by atoms with Gasteiger partial charge in [-0.3, -0.25) is 4.79 Å². The van der Waals surface area contributed by atoms with Gasteiger partial charge in [-0.15, -0.1) is 0 Å². The van der Waals surface area contributed by atoms with Crippen LogP contribution in [0.1, 0.15) is 21.7 Å². The number of pyridine rings is 2. The fourth-order valence-electron chi connectivity index (χ4n) is 3.40. The molecule has 29 heavy (non-hydrogen) atoms. The maximum Gasteiger partial charge on any atom is 0.339 e. The molecule has 9 heteroatoms. The summed E-state index contributed by atoms with van der Waals surface area (Å²) in [6, 6.07) is 7.37. The Morgan fingerprint density at radius 1 is 1.17 bits per heavy atom. The first kappa shape index (κ1) is 18.9. The predicted molar refractivity (Wildman–Crippen MR) is 105 cm³/mol. The Bertz CT molecular complexity index is 1040. The second kappa shape index (κ2) is 7.86. The van der Waals surface area contributed by atoms with Gasteiger partial charge in [-0.05, 0) is 32.0 Å². The summed E-state index contributed by atoms with van der Waals surface area (Å²) < 4.78 is 10.4. The Labute approximate surface area is 167 Å². The summed E-state index contributed by atoms with van der Waals surface area (Å²) in [6.45, 7) is 5.63. The van der Waals surface area contributed by atoms with Crippen LogP contribution < -0.4 is 4.90 Å². The second-order valence-corrected chi connectivity index (χ2v) is 6.89. The molecule has 4 rings (SSSR count). The zero-order valence-electron chi connectivity index (χ0n) is 16.3. The summed E-state index contributed by atoms with van der Waals surface area (Å²) in [4.78, 5) is 37.5. The fourth-order valence-corrected chi connectivity index (χ4v) is 3.40. The molecule has 1 aliphatic rings. The molecular formula is C20H21N5O4. The van der Waals surface area contributed by atoms with Crippen LogP contribution in [0, 0.1) is 13.8 Å². The van der Waals surface area contributed by atoms with Crippen LogP contribution in [-0.2, 0) is 9.53 Å². The van der Waals surface area contributed by atoms with Crippen molar-refractivity contribution in [3.63, 3.8) is 0 Å². The quantitative estimate of drug-likeness (QED) is 0.616. The lowest BCUT2D eigenvalue weighted by molar-refractivity contribution is -0.134. The SMILES string of the molecule is Cc1cc(C(=O)OCC(=O)N2CCN(c3ccccn3)CC2)c2c(C)noc2n1. The van der Waals surface area contributed by atoms with Gasteiger partial charge < -0.3 is 19.1 Å². The average molecular weight is 395 g/mol. The van der Waals surface area contributed by atoms with E-state index in [0.29, 0.717) is 48.5 Å². The first-order valence-corrected chi connectivity index (χ1v) is 9.37. The molecule has 1 amide bonds. The van der Waals surface area contributed by atoms with E-state index in [4.69, 9.17) is 9.26 Å². The molecule has 1 saturated heterocycles. The van der Waals surface area contributed by atoms with Crippen molar-refractivity contribution in [1.82, 2.24) is 20.0 Å². The normalized spacial score (nSPS) is 14.3. The summed E-state index contributed by atoms with van der Waals surface area (Å²) in [5.41, 5.74) is 1.75. The molecule has 9 nitrogen and oxygen atoms in total. The lowest BCUT2D eigenvalue weighted by atomic mass is 10.1. The third-order valence-corrected chi connectivity index (χ3v) is 4.90. The van der Waals surface area contributed by atoms with E-state index < -0.39 is 5.97 Å². The molecule has 0 atom stereocenters. The number of nitrogens with zero attached hydrogens (tertiary/aromatic N) is 5. The van der Waals surface area contributed by atoms with E-state index in [1.807, 2.05) is 18.2 Å². The van der Waals surface area contributed by atoms with Crippen LogP contribution in [0.25, 0.3) is 11.1 Å². The number of aromatic nitrogens is 3. The molecule has 0 spiro atoms. The third kappa shape index (κ3) is 3.89. The van der Waals surface area contributed by atoms with Crippen LogP contribution in [0.4, 0.5) is 5.82 Å². The second-order valence-electron chi connectivity index (χ2n) is 6.89. The number of ether oxygens (including phenoxy) is 1. The number of hydrogen-bond acceptors (Lipinski definition) is 8. The van der Waals surface area contributed by atoms with E-state index in [0.717, 1.165) is 5.82 Å². The minimum absolute atomic E-state index is 0.219. The standard InChI is InChI=1S/C20H21N5O4/c1-13-11-15(18-14(2)23-29-19(18)22-13)20(27)28-12-17(26)25-9-7-24(8-10-25)16-5-3-4-6-21-16/h3-6,11H,7-10,12H2,1-2H3. The van der Waals surface area contributed by atoms with Crippen LogP contribution in [0.3, 0.4) is 0 Å². The summed E-state index contributed by atoms with van der Waals surface area (Å²) >= 11 is 0. The van der Waals surface area contributed by atoms with Gasteiger partial charge in [0, 0.05) is 38.1 Å². The molecular weight excluding hydrogens is 374 g/mol. The molecule has 3 aromatic rings. The Morgan fingerprint density at radius 3 is 2.69 bits per heavy atom. The van der Waals surface area contributed by atoms with Crippen LogP contribution in [-0.4, -0.2) is 64.7 Å². The molecule has 4 heterocycles. The van der Waals surface area contributed by atoms with Crippen molar-refractivity contribution in [2.24, 2.45) is 0 Å². The number of hydrogen-bond donors (Lipinski definition) is 0. The molecule has 1 aliphatic heterocycles. The molecule has 0 saturated carbocycles. The Balaban J connectivity index is 1.36. The van der Waals surface area contributed by atoms with Crippen molar-refractivity contribution < 1.29 is 18.8 Å². The minimum atomic E-state index is -0.590. The molecule has 3 aromatic heterocycles. The highest BCUT2D eigenvalue weighted by Gasteiger charge is 2.24. The van der Waals surface area contributed by atoms with E-state index in [1.54, 1.807) is 31.0 Å². The van der Waals surface area contributed by atoms with Crippen LogP contribution in [0.5, 0.6) is 0 Å². The van der Waals surface area contributed by atoms with Crippen molar-refractivity contribution in [2.75, 3.05) is 37.7 Å². The van der Waals surface area contributed by atoms with Gasteiger partial charge in [0.1, 0.15) is 5.82 Å². The van der Waals surface area contributed by atoms with Crippen molar-refractivity contribution in [1.29, 1.82) is 0 Å². The Morgan fingerprint density at radius 2 is 1.97 bits per heavy atom. The number of piperazine rings is 1. The number of aryl methyl sites for hydroxylation is 2. The number of amides is 1. The van der Waals surface area contributed by atoms with E-state index in [-0.39, 0.29) is 18.2 Å². The van der Waals surface area contributed by atoms with Crippen LogP contribution >= 0.6 is 0 Å². The lowest BCUT2D eigenvalue weighted by Gasteiger charge is -2.35. The maximum absolute atomic E-state index is 12.6. The molecule has 0 N–H and O–H groups in total. The lowest BCUT2D eigenvalue weighted by Crippen LogP contribution is -2.50. The minimum Gasteiger partial charge on any atom is -0.452 e. The van der Waals surface area contributed by atoms with Gasteiger partial charge in [-0.1, -0.05) is 11.2 Å². The third-order valence-electron chi connectivity index (χ3n) is 4.90. The number of anilines is 1. The largest absolute Gasteiger partial charge is 0.452 e. The monoisotopic (exact) mass is 395 g/mol. The number of carbonyl (C=O) groups excluding carboxylic acids is 2. The molecule has 1 fully saturated rings. The molecule has 0 unspecified atom stereocenters. The number of carbonyl (C=O) groups is 2. The van der Waals surface area contributed by atoms with Gasteiger partial charge in [-0.25, -0.2) is 14.8 Å². The zero-order valence-corrected chi connectivity index (χ0v) is 16.3. The van der Waals surface area contributed by atoms with Crippen LogP contribution in [0.15, 0.2) is 35.0 Å². The Hall–Kier alpha value is -3.49. The fraction of sp³-hybridized carbons (Fsp3) is 0.350. The van der Waals surface area contributed by atoms with Gasteiger partial charge in [0.05, 0.1) is 16.6 Å². The molecule has 150 valence electrons. The molecule has 0 aromatic carbocycles. The number of fused-ring (bicyclic) bond motifs is 1. The Kier molecular flexibility index (Phi) is 5.11. The van der Waals surface area contributed by atoms with Crippen molar-refractivity contribution in [3.8, 4) is 0 Å². The summed E-state index contributed by atoms with van der Waals surface area (Å²) in [7, 11) is 0. The van der Waals surface area contributed by atoms with Crippen molar-refractivity contribution in [3.05, 3.63) is 47.4 Å². The topological polar surface area (TPSA) is 102 Å². The highest BCUT2D eigenvalue weighted by molar-refractivity contribution is 6.03. The first-order valence-electron chi connectivity index (χ1n) is 9.37. The van der Waals surface area contributed by atoms with Crippen molar-refractivity contribution in [2.45, 2.75) is 13.8 Å². The summed E-state index contributed by atoms with van der Waals surface area (Å²) in [5, 5.41) is 4.36. The zero-order chi connectivity index (χ0) is 20.4. The van der Waals surface area contributed by atoms with E-state index in [1.165, 1.54) is 0 Å². The van der Waals surface area contributed by atoms with Gasteiger partial charge in [0.15, 0.2) is 6.61 Å². The van der Waals surface area contributed by atoms with E-state index >= 15 is 0 Å². The summed E-state index contributed by atoms with van der Waals surface area (Å²) in [6.07, 6.45) is 1.75. The van der Waals surface area contributed by atoms with Gasteiger partial charge in [-0.2, -0.15) is 0 Å². The number of esters is 1. The predicted octanol–water partition coefficient (Wildman–Crippen LogP) is 1.74. The molecule has 0 radical (unpaired) electrons. The van der Waals surface area contributed by atoms with E-state index in [2.05, 4.69) is 20.0 Å². The van der Waals surface area contributed by atoms with Gasteiger partial charge in [0.25, 0.3) is 11.6 Å². The summed E-state index contributed by atoms with van der Waals surface area (Å²) in [5.74, 6) is 0.0857. The van der Waals surface area contributed by atoms with Gasteiger partial charge in [0.2, 0.25) is 0 Å². The molecule has 0 aliphatic carbocycles. The smallest absolute Gasteiger partial charge is 0.339 e. The highest BCUT2D eigenvalue weighted by atomic mass is 16.5. The van der Waals surface area contributed by atoms with E-state index in [9.17, 15) is 9.59 Å². The maximum atomic E-state index is 12.6.